The summed E-state index contributed by atoms with van der Waals surface area (Å²) in [7, 11) is -3.31. The number of aromatic nitrogens is 2. The molecule has 2 rings (SSSR count). The summed E-state index contributed by atoms with van der Waals surface area (Å²) < 4.78 is 23.0. The van der Waals surface area contributed by atoms with Crippen molar-refractivity contribution in [1.82, 2.24) is 9.97 Å². The summed E-state index contributed by atoms with van der Waals surface area (Å²) in [6, 6.07) is 1.91. The van der Waals surface area contributed by atoms with Gasteiger partial charge in [0.1, 0.15) is 0 Å². The van der Waals surface area contributed by atoms with Crippen LogP contribution in [0.5, 0.6) is 0 Å². The second-order valence-corrected chi connectivity index (χ2v) is 7.01. The largest absolute Gasteiger partial charge is 0.247 e. The lowest BCUT2D eigenvalue weighted by Gasteiger charge is -2.10. The normalized spacial score (nSPS) is 25.1. The van der Waals surface area contributed by atoms with Gasteiger partial charge in [0, 0.05) is 23.6 Å². The second kappa shape index (κ2) is 4.37. The summed E-state index contributed by atoms with van der Waals surface area (Å²) >= 11 is 0. The highest BCUT2D eigenvalue weighted by molar-refractivity contribution is 7.90. The lowest BCUT2D eigenvalue weighted by atomic mass is 10.0. The SMILES string of the molecule is Cc1cc([C@@H]2CC[C@H](C)C2)nc(S(C)(=O)=O)n1. The van der Waals surface area contributed by atoms with Crippen molar-refractivity contribution >= 4 is 9.84 Å². The average molecular weight is 254 g/mol. The van der Waals surface area contributed by atoms with Crippen LogP contribution in [-0.4, -0.2) is 24.6 Å². The van der Waals surface area contributed by atoms with Gasteiger partial charge in [-0.1, -0.05) is 13.3 Å². The fourth-order valence-corrected chi connectivity index (χ4v) is 3.00. The molecule has 0 aliphatic heterocycles. The Morgan fingerprint density at radius 1 is 1.29 bits per heavy atom. The predicted octanol–water partition coefficient (Wildman–Crippen LogP) is 2.09. The molecule has 0 spiro atoms. The highest BCUT2D eigenvalue weighted by Gasteiger charge is 2.25. The highest BCUT2D eigenvalue weighted by Crippen LogP contribution is 2.37. The van der Waals surface area contributed by atoms with Gasteiger partial charge in [-0.25, -0.2) is 18.4 Å². The van der Waals surface area contributed by atoms with Crippen LogP contribution in [0, 0.1) is 12.8 Å². The zero-order valence-electron chi connectivity index (χ0n) is 10.5. The van der Waals surface area contributed by atoms with Gasteiger partial charge in [0.15, 0.2) is 0 Å². The van der Waals surface area contributed by atoms with E-state index in [0.29, 0.717) is 11.8 Å². The summed E-state index contributed by atoms with van der Waals surface area (Å²) in [4.78, 5) is 8.22. The van der Waals surface area contributed by atoms with Crippen LogP contribution in [0.1, 0.15) is 43.5 Å². The van der Waals surface area contributed by atoms with Crippen molar-refractivity contribution in [2.45, 2.75) is 44.2 Å². The molecule has 17 heavy (non-hydrogen) atoms. The number of aryl methyl sites for hydroxylation is 1. The lowest BCUT2D eigenvalue weighted by Crippen LogP contribution is -2.09. The number of sulfone groups is 1. The Morgan fingerprint density at radius 2 is 2.00 bits per heavy atom. The first-order valence-electron chi connectivity index (χ1n) is 5.92. The molecule has 0 saturated heterocycles. The third-order valence-electron chi connectivity index (χ3n) is 3.30. The van der Waals surface area contributed by atoms with Gasteiger partial charge in [0.2, 0.25) is 15.0 Å². The van der Waals surface area contributed by atoms with E-state index in [0.717, 1.165) is 30.5 Å². The molecule has 0 unspecified atom stereocenters. The monoisotopic (exact) mass is 254 g/mol. The third-order valence-corrected chi connectivity index (χ3v) is 4.14. The quantitative estimate of drug-likeness (QED) is 0.758. The lowest BCUT2D eigenvalue weighted by molar-refractivity contribution is 0.578. The maximum atomic E-state index is 11.5. The molecule has 94 valence electrons. The third kappa shape index (κ3) is 2.83. The van der Waals surface area contributed by atoms with Gasteiger partial charge < -0.3 is 0 Å². The van der Waals surface area contributed by atoms with E-state index in [1.807, 2.05) is 13.0 Å². The molecule has 0 aromatic carbocycles. The van der Waals surface area contributed by atoms with Gasteiger partial charge in [-0.05, 0) is 31.7 Å². The molecule has 1 saturated carbocycles. The minimum Gasteiger partial charge on any atom is -0.224 e. The van der Waals surface area contributed by atoms with Crippen LogP contribution >= 0.6 is 0 Å². The fourth-order valence-electron chi connectivity index (χ4n) is 2.42. The summed E-state index contributed by atoms with van der Waals surface area (Å²) in [5.41, 5.74) is 1.62. The summed E-state index contributed by atoms with van der Waals surface area (Å²) in [6.07, 6.45) is 4.55. The minimum absolute atomic E-state index is 0.0351. The van der Waals surface area contributed by atoms with Gasteiger partial charge in [0.05, 0.1) is 0 Å². The van der Waals surface area contributed by atoms with Crippen molar-refractivity contribution in [1.29, 1.82) is 0 Å². The predicted molar refractivity (Wildman–Crippen MR) is 65.6 cm³/mol. The topological polar surface area (TPSA) is 59.9 Å². The number of nitrogens with zero attached hydrogens (tertiary/aromatic N) is 2. The molecule has 1 aliphatic rings. The maximum Gasteiger partial charge on any atom is 0.247 e. The van der Waals surface area contributed by atoms with Gasteiger partial charge in [-0.2, -0.15) is 0 Å². The van der Waals surface area contributed by atoms with Gasteiger partial charge >= 0.3 is 0 Å². The van der Waals surface area contributed by atoms with Crippen LogP contribution in [0.15, 0.2) is 11.2 Å². The Morgan fingerprint density at radius 3 is 2.53 bits per heavy atom. The Bertz CT molecular complexity index is 525. The second-order valence-electron chi connectivity index (χ2n) is 5.10. The van der Waals surface area contributed by atoms with Crippen LogP contribution in [0.4, 0.5) is 0 Å². The molecule has 0 bridgehead atoms. The molecular formula is C12H18N2O2S. The molecule has 1 heterocycles. The van der Waals surface area contributed by atoms with Gasteiger partial charge in [0.25, 0.3) is 0 Å². The average Bonchev–Trinajstić information content (AvgIpc) is 2.62. The van der Waals surface area contributed by atoms with E-state index in [2.05, 4.69) is 16.9 Å². The number of hydrogen-bond donors (Lipinski definition) is 0. The molecule has 0 N–H and O–H groups in total. The van der Waals surface area contributed by atoms with Crippen molar-refractivity contribution in [3.8, 4) is 0 Å². The van der Waals surface area contributed by atoms with Crippen LogP contribution in [-0.2, 0) is 9.84 Å². The first-order valence-corrected chi connectivity index (χ1v) is 7.81. The minimum atomic E-state index is -3.31. The first kappa shape index (κ1) is 12.5. The van der Waals surface area contributed by atoms with Crippen molar-refractivity contribution in [2.24, 2.45) is 5.92 Å². The van der Waals surface area contributed by atoms with E-state index in [1.165, 1.54) is 6.42 Å². The van der Waals surface area contributed by atoms with Crippen molar-refractivity contribution in [3.05, 3.63) is 17.5 Å². The van der Waals surface area contributed by atoms with Crippen molar-refractivity contribution in [3.63, 3.8) is 0 Å². The van der Waals surface area contributed by atoms with Crippen molar-refractivity contribution < 1.29 is 8.42 Å². The summed E-state index contributed by atoms with van der Waals surface area (Å²) in [6.45, 7) is 4.05. The number of hydrogen-bond acceptors (Lipinski definition) is 4. The summed E-state index contributed by atoms with van der Waals surface area (Å²) in [5, 5.41) is -0.0351. The zero-order chi connectivity index (χ0) is 12.6. The van der Waals surface area contributed by atoms with Crippen LogP contribution in [0.2, 0.25) is 0 Å². The summed E-state index contributed by atoms with van der Waals surface area (Å²) in [5.74, 6) is 1.10. The van der Waals surface area contributed by atoms with E-state index in [9.17, 15) is 8.42 Å². The van der Waals surface area contributed by atoms with E-state index in [-0.39, 0.29) is 5.16 Å². The molecule has 1 fully saturated rings. The number of rotatable bonds is 2. The van der Waals surface area contributed by atoms with Crippen LogP contribution in [0.25, 0.3) is 0 Å². The Kier molecular flexibility index (Phi) is 3.21. The Labute approximate surface area is 102 Å². The standard InChI is InChI=1S/C12H18N2O2S/c1-8-4-5-10(6-8)11-7-9(2)13-12(14-11)17(3,15)16/h7-8,10H,4-6H2,1-3H3/t8-,10+/m0/s1. The smallest absolute Gasteiger partial charge is 0.224 e. The maximum absolute atomic E-state index is 11.5. The molecule has 1 aromatic rings. The van der Waals surface area contributed by atoms with E-state index < -0.39 is 9.84 Å². The van der Waals surface area contributed by atoms with Gasteiger partial charge in [-0.15, -0.1) is 0 Å². The Balaban J connectivity index is 2.39. The molecule has 5 heteroatoms. The molecule has 1 aromatic heterocycles. The van der Waals surface area contributed by atoms with E-state index in [1.54, 1.807) is 0 Å². The van der Waals surface area contributed by atoms with E-state index >= 15 is 0 Å². The first-order chi connectivity index (χ1) is 7.86. The van der Waals surface area contributed by atoms with Gasteiger partial charge in [-0.3, -0.25) is 0 Å². The Hall–Kier alpha value is -0.970. The zero-order valence-corrected chi connectivity index (χ0v) is 11.3. The van der Waals surface area contributed by atoms with E-state index in [4.69, 9.17) is 0 Å². The van der Waals surface area contributed by atoms with Crippen LogP contribution in [0.3, 0.4) is 0 Å². The molecule has 0 amide bonds. The molecular weight excluding hydrogens is 236 g/mol. The molecule has 0 radical (unpaired) electrons. The van der Waals surface area contributed by atoms with Crippen molar-refractivity contribution in [2.75, 3.05) is 6.26 Å². The fraction of sp³-hybridized carbons (Fsp3) is 0.667. The molecule has 4 nitrogen and oxygen atoms in total. The van der Waals surface area contributed by atoms with Crippen LogP contribution < -0.4 is 0 Å². The molecule has 1 aliphatic carbocycles. The molecule has 2 atom stereocenters. The highest BCUT2D eigenvalue weighted by atomic mass is 32.2.